The Kier molecular flexibility index (Phi) is 7.47. The second-order valence-corrected chi connectivity index (χ2v) is 6.06. The van der Waals surface area contributed by atoms with Crippen molar-refractivity contribution in [1.82, 2.24) is 15.1 Å². The molecule has 2 rings (SSSR count). The average Bonchev–Trinajstić information content (AvgIpc) is 2.65. The fourth-order valence-corrected chi connectivity index (χ4v) is 2.67. The van der Waals surface area contributed by atoms with Crippen molar-refractivity contribution in [3.63, 3.8) is 0 Å². The minimum atomic E-state index is -0.00194. The highest BCUT2D eigenvalue weighted by Gasteiger charge is 2.20. The summed E-state index contributed by atoms with van der Waals surface area (Å²) in [5.74, 6) is 0.821. The zero-order chi connectivity index (χ0) is 18.1. The number of nitrogens with one attached hydrogen (secondary N) is 1. The fourth-order valence-electron chi connectivity index (χ4n) is 2.67. The van der Waals surface area contributed by atoms with E-state index in [4.69, 9.17) is 4.74 Å². The lowest BCUT2D eigenvalue weighted by molar-refractivity contribution is -0.128. The molecule has 1 aliphatic rings. The summed E-state index contributed by atoms with van der Waals surface area (Å²) in [6, 6.07) is 7.58. The number of hydrogen-bond donors (Lipinski definition) is 1. The fraction of sp³-hybridized carbons (Fsp3) is 0.474. The molecule has 6 heteroatoms. The van der Waals surface area contributed by atoms with Gasteiger partial charge in [0.25, 0.3) is 0 Å². The highest BCUT2D eigenvalue weighted by Crippen LogP contribution is 2.14. The molecule has 1 fully saturated rings. The van der Waals surface area contributed by atoms with Crippen LogP contribution in [0.3, 0.4) is 0 Å². The van der Waals surface area contributed by atoms with Crippen molar-refractivity contribution in [3.05, 3.63) is 35.9 Å². The minimum Gasteiger partial charge on any atom is -0.497 e. The van der Waals surface area contributed by atoms with Crippen molar-refractivity contribution in [2.75, 3.05) is 46.4 Å². The highest BCUT2D eigenvalue weighted by atomic mass is 16.5. The van der Waals surface area contributed by atoms with Gasteiger partial charge in [0.05, 0.1) is 13.7 Å². The molecule has 0 radical (unpaired) electrons. The molecule has 1 aliphatic heterocycles. The summed E-state index contributed by atoms with van der Waals surface area (Å²) in [7, 11) is 1.62. The van der Waals surface area contributed by atoms with E-state index in [9.17, 15) is 9.59 Å². The molecule has 1 aromatic carbocycles. The molecular weight excluding hydrogens is 318 g/mol. The maximum absolute atomic E-state index is 12.3. The van der Waals surface area contributed by atoms with Crippen LogP contribution in [0, 0.1) is 0 Å². The Labute approximate surface area is 149 Å². The van der Waals surface area contributed by atoms with Gasteiger partial charge in [0.1, 0.15) is 5.75 Å². The lowest BCUT2D eigenvalue weighted by Crippen LogP contribution is -2.50. The smallest absolute Gasteiger partial charge is 0.246 e. The molecule has 0 unspecified atom stereocenters. The molecule has 0 saturated carbocycles. The third-order valence-electron chi connectivity index (χ3n) is 4.14. The van der Waals surface area contributed by atoms with Gasteiger partial charge < -0.3 is 15.0 Å². The van der Waals surface area contributed by atoms with Gasteiger partial charge in [-0.15, -0.1) is 0 Å². The van der Waals surface area contributed by atoms with E-state index in [0.717, 1.165) is 30.8 Å². The van der Waals surface area contributed by atoms with E-state index in [-0.39, 0.29) is 11.8 Å². The largest absolute Gasteiger partial charge is 0.497 e. The van der Waals surface area contributed by atoms with Crippen LogP contribution in [-0.4, -0.2) is 68.0 Å². The molecule has 1 saturated heterocycles. The molecule has 6 nitrogen and oxygen atoms in total. The molecule has 1 heterocycles. The predicted octanol–water partition coefficient (Wildman–Crippen LogP) is 1.38. The molecule has 0 aliphatic carbocycles. The number of ether oxygens (including phenoxy) is 1. The first kappa shape index (κ1) is 19.0. The SMILES string of the molecule is CCCNC(=O)CN1CCN(C(=O)/C=C/c2cccc(OC)c2)CC1. The van der Waals surface area contributed by atoms with Crippen LogP contribution in [-0.2, 0) is 9.59 Å². The molecule has 1 aromatic rings. The van der Waals surface area contributed by atoms with E-state index >= 15 is 0 Å². The molecule has 2 amide bonds. The van der Waals surface area contributed by atoms with Gasteiger partial charge in [-0.05, 0) is 30.2 Å². The van der Waals surface area contributed by atoms with E-state index in [2.05, 4.69) is 10.2 Å². The average molecular weight is 345 g/mol. The van der Waals surface area contributed by atoms with Crippen molar-refractivity contribution >= 4 is 17.9 Å². The van der Waals surface area contributed by atoms with E-state index in [0.29, 0.717) is 26.2 Å². The van der Waals surface area contributed by atoms with Crippen molar-refractivity contribution < 1.29 is 14.3 Å². The second-order valence-electron chi connectivity index (χ2n) is 6.06. The van der Waals surface area contributed by atoms with Crippen LogP contribution in [0.1, 0.15) is 18.9 Å². The van der Waals surface area contributed by atoms with Gasteiger partial charge in [0.15, 0.2) is 0 Å². The monoisotopic (exact) mass is 345 g/mol. The van der Waals surface area contributed by atoms with Gasteiger partial charge >= 0.3 is 0 Å². The van der Waals surface area contributed by atoms with Crippen LogP contribution in [0.25, 0.3) is 6.08 Å². The van der Waals surface area contributed by atoms with E-state index < -0.39 is 0 Å². The maximum Gasteiger partial charge on any atom is 0.246 e. The summed E-state index contributed by atoms with van der Waals surface area (Å²) >= 11 is 0. The van der Waals surface area contributed by atoms with Crippen LogP contribution in [0.15, 0.2) is 30.3 Å². The van der Waals surface area contributed by atoms with Crippen LogP contribution >= 0.6 is 0 Å². The molecule has 136 valence electrons. The summed E-state index contributed by atoms with van der Waals surface area (Å²) in [5, 5.41) is 2.88. The van der Waals surface area contributed by atoms with Gasteiger partial charge in [0.2, 0.25) is 11.8 Å². The van der Waals surface area contributed by atoms with Gasteiger partial charge in [-0.25, -0.2) is 0 Å². The zero-order valence-electron chi connectivity index (χ0n) is 15.0. The molecule has 0 spiro atoms. The lowest BCUT2D eigenvalue weighted by atomic mass is 10.2. The first-order valence-corrected chi connectivity index (χ1v) is 8.72. The van der Waals surface area contributed by atoms with Gasteiger partial charge in [-0.3, -0.25) is 14.5 Å². The Hall–Kier alpha value is -2.34. The van der Waals surface area contributed by atoms with E-state index in [1.54, 1.807) is 19.3 Å². The summed E-state index contributed by atoms with van der Waals surface area (Å²) in [4.78, 5) is 27.9. The number of rotatable bonds is 7. The van der Waals surface area contributed by atoms with E-state index in [1.807, 2.05) is 36.1 Å². The molecule has 25 heavy (non-hydrogen) atoms. The Balaban J connectivity index is 1.78. The van der Waals surface area contributed by atoms with E-state index in [1.165, 1.54) is 0 Å². The highest BCUT2D eigenvalue weighted by molar-refractivity contribution is 5.92. The number of methoxy groups -OCH3 is 1. The van der Waals surface area contributed by atoms with Crippen molar-refractivity contribution in [3.8, 4) is 5.75 Å². The normalized spacial score (nSPS) is 15.4. The molecule has 0 aromatic heterocycles. The number of benzene rings is 1. The number of amides is 2. The first-order chi connectivity index (χ1) is 12.1. The van der Waals surface area contributed by atoms with Crippen molar-refractivity contribution in [1.29, 1.82) is 0 Å². The number of piperazine rings is 1. The van der Waals surface area contributed by atoms with Crippen LogP contribution < -0.4 is 10.1 Å². The maximum atomic E-state index is 12.3. The summed E-state index contributed by atoms with van der Waals surface area (Å²) < 4.78 is 5.18. The third kappa shape index (κ3) is 6.23. The van der Waals surface area contributed by atoms with Gasteiger partial charge in [-0.1, -0.05) is 19.1 Å². The number of nitrogens with zero attached hydrogens (tertiary/aromatic N) is 2. The molecule has 1 N–H and O–H groups in total. The van der Waals surface area contributed by atoms with Gasteiger partial charge in [-0.2, -0.15) is 0 Å². The lowest BCUT2D eigenvalue weighted by Gasteiger charge is -2.33. The summed E-state index contributed by atoms with van der Waals surface area (Å²) in [5.41, 5.74) is 0.930. The first-order valence-electron chi connectivity index (χ1n) is 8.72. The zero-order valence-corrected chi connectivity index (χ0v) is 15.0. The number of carbonyl (C=O) groups excluding carboxylic acids is 2. The number of hydrogen-bond acceptors (Lipinski definition) is 4. The topological polar surface area (TPSA) is 61.9 Å². The summed E-state index contributed by atoms with van der Waals surface area (Å²) in [6.07, 6.45) is 4.33. The predicted molar refractivity (Wildman–Crippen MR) is 98.3 cm³/mol. The van der Waals surface area contributed by atoms with Crippen LogP contribution in [0.5, 0.6) is 5.75 Å². The minimum absolute atomic E-state index is 0.00194. The number of carbonyl (C=O) groups is 2. The van der Waals surface area contributed by atoms with Crippen LogP contribution in [0.2, 0.25) is 0 Å². The standard InChI is InChI=1S/C19H27N3O3/c1-3-9-20-18(23)15-21-10-12-22(13-11-21)19(24)8-7-16-5-4-6-17(14-16)25-2/h4-8,14H,3,9-13,15H2,1-2H3,(H,20,23)/b8-7+. The van der Waals surface area contributed by atoms with Crippen LogP contribution in [0.4, 0.5) is 0 Å². The second kappa shape index (κ2) is 9.84. The van der Waals surface area contributed by atoms with Crippen molar-refractivity contribution in [2.45, 2.75) is 13.3 Å². The van der Waals surface area contributed by atoms with Gasteiger partial charge in [0, 0.05) is 38.8 Å². The Morgan fingerprint density at radius 1 is 1.24 bits per heavy atom. The third-order valence-corrected chi connectivity index (χ3v) is 4.14. The molecule has 0 atom stereocenters. The van der Waals surface area contributed by atoms with Crippen molar-refractivity contribution in [2.24, 2.45) is 0 Å². The Morgan fingerprint density at radius 2 is 2.00 bits per heavy atom. The Bertz CT molecular complexity index is 608. The molecule has 0 bridgehead atoms. The Morgan fingerprint density at radius 3 is 2.68 bits per heavy atom. The quantitative estimate of drug-likeness (QED) is 0.759. The summed E-state index contributed by atoms with van der Waals surface area (Å²) in [6.45, 7) is 5.87. The molecular formula is C19H27N3O3.